The highest BCUT2D eigenvalue weighted by atomic mass is 16.5. The van der Waals surface area contributed by atoms with Crippen LogP contribution < -0.4 is 4.74 Å². The molecule has 22 heavy (non-hydrogen) atoms. The van der Waals surface area contributed by atoms with E-state index >= 15 is 0 Å². The second-order valence-corrected chi connectivity index (χ2v) is 6.56. The molecular formula is C18H28N2O2. The van der Waals surface area contributed by atoms with E-state index in [0.29, 0.717) is 18.2 Å². The minimum absolute atomic E-state index is 0.301. The number of aryl methyl sites for hydroxylation is 1. The van der Waals surface area contributed by atoms with Crippen LogP contribution in [0.1, 0.15) is 31.4 Å². The highest BCUT2D eigenvalue weighted by molar-refractivity contribution is 5.76. The molecule has 1 aromatic rings. The van der Waals surface area contributed by atoms with Crippen LogP contribution in [-0.2, 0) is 11.3 Å². The number of methoxy groups -OCH3 is 1. The van der Waals surface area contributed by atoms with Crippen molar-refractivity contribution in [3.8, 4) is 5.75 Å². The second-order valence-electron chi connectivity index (χ2n) is 6.56. The van der Waals surface area contributed by atoms with E-state index in [1.165, 1.54) is 11.1 Å². The van der Waals surface area contributed by atoms with Crippen molar-refractivity contribution in [2.45, 2.75) is 33.7 Å². The molecule has 1 amide bonds. The summed E-state index contributed by atoms with van der Waals surface area (Å²) < 4.78 is 5.30. The number of piperazine rings is 1. The topological polar surface area (TPSA) is 32.8 Å². The zero-order chi connectivity index (χ0) is 16.1. The van der Waals surface area contributed by atoms with Crippen molar-refractivity contribution in [1.82, 2.24) is 9.80 Å². The Kier molecular flexibility index (Phi) is 5.83. The van der Waals surface area contributed by atoms with E-state index < -0.39 is 0 Å². The van der Waals surface area contributed by atoms with Crippen molar-refractivity contribution in [2.75, 3.05) is 33.3 Å². The molecule has 0 aliphatic carbocycles. The molecule has 1 aliphatic heterocycles. The number of hydrogen-bond donors (Lipinski definition) is 0. The lowest BCUT2D eigenvalue weighted by atomic mass is 10.1. The van der Waals surface area contributed by atoms with Gasteiger partial charge >= 0.3 is 0 Å². The molecule has 122 valence electrons. The number of benzene rings is 1. The fourth-order valence-corrected chi connectivity index (χ4v) is 2.93. The Hall–Kier alpha value is -1.55. The van der Waals surface area contributed by atoms with Crippen molar-refractivity contribution in [1.29, 1.82) is 0 Å². The third-order valence-corrected chi connectivity index (χ3v) is 4.17. The van der Waals surface area contributed by atoms with Crippen LogP contribution in [0.2, 0.25) is 0 Å². The van der Waals surface area contributed by atoms with Crippen molar-refractivity contribution >= 4 is 5.91 Å². The fraction of sp³-hybridized carbons (Fsp3) is 0.611. The Balaban J connectivity index is 1.85. The van der Waals surface area contributed by atoms with Gasteiger partial charge in [-0.15, -0.1) is 0 Å². The summed E-state index contributed by atoms with van der Waals surface area (Å²) in [5.41, 5.74) is 2.48. The molecule has 1 aliphatic rings. The van der Waals surface area contributed by atoms with Crippen LogP contribution in [0.25, 0.3) is 0 Å². The number of carbonyl (C=O) groups is 1. The van der Waals surface area contributed by atoms with Gasteiger partial charge in [-0.05, 0) is 30.0 Å². The van der Waals surface area contributed by atoms with Gasteiger partial charge in [-0.25, -0.2) is 0 Å². The predicted octanol–water partition coefficient (Wildman–Crippen LogP) is 2.69. The summed E-state index contributed by atoms with van der Waals surface area (Å²) in [5, 5.41) is 0. The van der Waals surface area contributed by atoms with Gasteiger partial charge in [-0.2, -0.15) is 0 Å². The Morgan fingerprint density at radius 2 is 1.91 bits per heavy atom. The normalized spacial score (nSPS) is 16.1. The molecule has 0 saturated carbocycles. The first kappa shape index (κ1) is 16.8. The van der Waals surface area contributed by atoms with Crippen molar-refractivity contribution in [3.63, 3.8) is 0 Å². The molecule has 1 saturated heterocycles. The van der Waals surface area contributed by atoms with Crippen molar-refractivity contribution in [3.05, 3.63) is 29.3 Å². The summed E-state index contributed by atoms with van der Waals surface area (Å²) in [6.45, 7) is 10.8. The molecule has 0 spiro atoms. The molecular weight excluding hydrogens is 276 g/mol. The highest BCUT2D eigenvalue weighted by Crippen LogP contribution is 2.20. The summed E-state index contributed by atoms with van der Waals surface area (Å²) >= 11 is 0. The zero-order valence-corrected chi connectivity index (χ0v) is 14.3. The van der Waals surface area contributed by atoms with Gasteiger partial charge in [0.25, 0.3) is 0 Å². The van der Waals surface area contributed by atoms with Crippen LogP contribution in [0, 0.1) is 12.8 Å². The van der Waals surface area contributed by atoms with E-state index in [4.69, 9.17) is 4.74 Å². The molecule has 1 fully saturated rings. The molecule has 0 aromatic heterocycles. The summed E-state index contributed by atoms with van der Waals surface area (Å²) in [4.78, 5) is 16.5. The molecule has 0 atom stereocenters. The molecule has 0 unspecified atom stereocenters. The Morgan fingerprint density at radius 3 is 2.45 bits per heavy atom. The van der Waals surface area contributed by atoms with Gasteiger partial charge < -0.3 is 9.64 Å². The average Bonchev–Trinajstić information content (AvgIpc) is 2.47. The molecule has 2 rings (SSSR count). The monoisotopic (exact) mass is 304 g/mol. The van der Waals surface area contributed by atoms with Crippen molar-refractivity contribution in [2.24, 2.45) is 5.92 Å². The molecule has 0 N–H and O–H groups in total. The minimum Gasteiger partial charge on any atom is -0.496 e. The zero-order valence-electron chi connectivity index (χ0n) is 14.3. The first-order valence-electron chi connectivity index (χ1n) is 8.13. The molecule has 4 nitrogen and oxygen atoms in total. The number of nitrogens with zero attached hydrogens (tertiary/aromatic N) is 2. The van der Waals surface area contributed by atoms with E-state index in [9.17, 15) is 4.79 Å². The van der Waals surface area contributed by atoms with E-state index in [0.717, 1.165) is 38.5 Å². The van der Waals surface area contributed by atoms with Gasteiger partial charge in [-0.1, -0.05) is 26.0 Å². The maximum absolute atomic E-state index is 12.1. The Bertz CT molecular complexity index is 506. The number of amides is 1. The van der Waals surface area contributed by atoms with Crippen LogP contribution >= 0.6 is 0 Å². The second kappa shape index (κ2) is 7.63. The van der Waals surface area contributed by atoms with E-state index in [-0.39, 0.29) is 0 Å². The maximum Gasteiger partial charge on any atom is 0.222 e. The van der Waals surface area contributed by atoms with Gasteiger partial charge in [0.2, 0.25) is 5.91 Å². The lowest BCUT2D eigenvalue weighted by Crippen LogP contribution is -2.48. The quantitative estimate of drug-likeness (QED) is 0.838. The van der Waals surface area contributed by atoms with Gasteiger partial charge in [0.1, 0.15) is 5.75 Å². The SMILES string of the molecule is COc1ccc(CN2CCN(C(=O)CC(C)C)CC2)cc1C. The fourth-order valence-electron chi connectivity index (χ4n) is 2.93. The van der Waals surface area contributed by atoms with Gasteiger partial charge in [0.15, 0.2) is 0 Å². The highest BCUT2D eigenvalue weighted by Gasteiger charge is 2.21. The van der Waals surface area contributed by atoms with Gasteiger partial charge in [-0.3, -0.25) is 9.69 Å². The summed E-state index contributed by atoms with van der Waals surface area (Å²) in [5.74, 6) is 1.68. The van der Waals surface area contributed by atoms with Crippen LogP contribution in [0.4, 0.5) is 0 Å². The van der Waals surface area contributed by atoms with Gasteiger partial charge in [0, 0.05) is 39.1 Å². The van der Waals surface area contributed by atoms with Crippen LogP contribution in [0.3, 0.4) is 0 Å². The standard InChI is InChI=1S/C18H28N2O2/c1-14(2)11-18(21)20-9-7-19(8-10-20)13-16-5-6-17(22-4)15(3)12-16/h5-6,12,14H,7-11,13H2,1-4H3. The molecule has 1 heterocycles. The average molecular weight is 304 g/mol. The summed E-state index contributed by atoms with van der Waals surface area (Å²) in [6.07, 6.45) is 0.664. The molecule has 0 bridgehead atoms. The first-order valence-corrected chi connectivity index (χ1v) is 8.13. The maximum atomic E-state index is 12.1. The lowest BCUT2D eigenvalue weighted by molar-refractivity contribution is -0.133. The van der Waals surface area contributed by atoms with Crippen LogP contribution in [0.5, 0.6) is 5.75 Å². The predicted molar refractivity (Wildman–Crippen MR) is 89.0 cm³/mol. The lowest BCUT2D eigenvalue weighted by Gasteiger charge is -2.35. The number of carbonyl (C=O) groups excluding carboxylic acids is 1. The Morgan fingerprint density at radius 1 is 1.23 bits per heavy atom. The van der Waals surface area contributed by atoms with E-state index in [2.05, 4.69) is 37.8 Å². The smallest absolute Gasteiger partial charge is 0.222 e. The summed E-state index contributed by atoms with van der Waals surface area (Å²) in [7, 11) is 1.70. The third-order valence-electron chi connectivity index (χ3n) is 4.17. The molecule has 4 heteroatoms. The largest absolute Gasteiger partial charge is 0.496 e. The van der Waals surface area contributed by atoms with E-state index in [1.54, 1.807) is 7.11 Å². The number of hydrogen-bond acceptors (Lipinski definition) is 3. The molecule has 0 radical (unpaired) electrons. The van der Waals surface area contributed by atoms with E-state index in [1.807, 2.05) is 11.0 Å². The molecule has 1 aromatic carbocycles. The first-order chi connectivity index (χ1) is 10.5. The third kappa shape index (κ3) is 4.47. The van der Waals surface area contributed by atoms with Gasteiger partial charge in [0.05, 0.1) is 7.11 Å². The van der Waals surface area contributed by atoms with Crippen LogP contribution in [0.15, 0.2) is 18.2 Å². The number of rotatable bonds is 5. The van der Waals surface area contributed by atoms with Crippen molar-refractivity contribution < 1.29 is 9.53 Å². The number of ether oxygens (including phenoxy) is 1. The Labute approximate surface area is 134 Å². The minimum atomic E-state index is 0.301. The summed E-state index contributed by atoms with van der Waals surface area (Å²) in [6, 6.07) is 6.35. The van der Waals surface area contributed by atoms with Crippen LogP contribution in [-0.4, -0.2) is 49.0 Å².